The third-order valence-corrected chi connectivity index (χ3v) is 5.46. The van der Waals surface area contributed by atoms with E-state index in [1.807, 2.05) is 18.2 Å². The number of sulfonamides is 1. The van der Waals surface area contributed by atoms with Gasteiger partial charge in [0.15, 0.2) is 17.6 Å². The highest BCUT2D eigenvalue weighted by atomic mass is 32.2. The molecule has 2 heterocycles. The van der Waals surface area contributed by atoms with Gasteiger partial charge in [0.25, 0.3) is 0 Å². The minimum absolute atomic E-state index is 0.207. The topological polar surface area (TPSA) is 82.5 Å². The molecule has 1 atom stereocenters. The summed E-state index contributed by atoms with van der Waals surface area (Å²) >= 11 is 0. The van der Waals surface area contributed by atoms with Gasteiger partial charge in [-0.3, -0.25) is 9.40 Å². The summed E-state index contributed by atoms with van der Waals surface area (Å²) < 4.78 is 66.9. The van der Waals surface area contributed by atoms with Crippen LogP contribution in [0.1, 0.15) is 5.56 Å². The lowest BCUT2D eigenvalue weighted by Gasteiger charge is -2.26. The van der Waals surface area contributed by atoms with Crippen LogP contribution in [0.5, 0.6) is 11.5 Å². The minimum atomic E-state index is -3.95. The molecule has 1 unspecified atom stereocenters. The number of hydrogen-bond acceptors (Lipinski definition) is 5. The molecule has 10 heteroatoms. The van der Waals surface area contributed by atoms with Gasteiger partial charge in [0.05, 0.1) is 24.2 Å². The number of aromatic nitrogens is 2. The van der Waals surface area contributed by atoms with Crippen molar-refractivity contribution in [1.29, 1.82) is 0 Å². The molecular weight excluding hydrogens is 404 g/mol. The summed E-state index contributed by atoms with van der Waals surface area (Å²) in [6.07, 6.45) is 2.52. The molecule has 7 nitrogen and oxygen atoms in total. The zero-order valence-corrected chi connectivity index (χ0v) is 15.9. The smallest absolute Gasteiger partial charge is 0.237 e. The van der Waals surface area contributed by atoms with Crippen molar-refractivity contribution in [1.82, 2.24) is 9.78 Å². The average Bonchev–Trinajstić information content (AvgIpc) is 3.10. The van der Waals surface area contributed by atoms with E-state index in [9.17, 15) is 17.2 Å². The van der Waals surface area contributed by atoms with Crippen molar-refractivity contribution in [3.8, 4) is 11.5 Å². The van der Waals surface area contributed by atoms with E-state index in [0.29, 0.717) is 24.7 Å². The number of benzene rings is 2. The first kappa shape index (κ1) is 19.2. The Balaban J connectivity index is 1.39. The van der Waals surface area contributed by atoms with Gasteiger partial charge in [-0.05, 0) is 30.3 Å². The molecule has 0 bridgehead atoms. The number of nitrogens with one attached hydrogen (secondary N) is 1. The van der Waals surface area contributed by atoms with Gasteiger partial charge in [-0.25, -0.2) is 17.2 Å². The van der Waals surface area contributed by atoms with Gasteiger partial charge < -0.3 is 9.47 Å². The maximum Gasteiger partial charge on any atom is 0.237 e. The van der Waals surface area contributed by atoms with Gasteiger partial charge in [-0.1, -0.05) is 12.1 Å². The Labute approximate surface area is 165 Å². The molecule has 0 fully saturated rings. The van der Waals surface area contributed by atoms with Crippen molar-refractivity contribution < 1.29 is 26.7 Å². The van der Waals surface area contributed by atoms with E-state index in [4.69, 9.17) is 9.47 Å². The second-order valence-electron chi connectivity index (χ2n) is 6.55. The highest BCUT2D eigenvalue weighted by Crippen LogP contribution is 2.31. The molecule has 2 aromatic carbocycles. The number of hydrogen-bond donors (Lipinski definition) is 1. The Morgan fingerprint density at radius 3 is 2.79 bits per heavy atom. The second-order valence-corrected chi connectivity index (χ2v) is 8.27. The van der Waals surface area contributed by atoms with Crippen LogP contribution >= 0.6 is 0 Å². The quantitative estimate of drug-likeness (QED) is 0.662. The predicted octanol–water partition coefficient (Wildman–Crippen LogP) is 2.94. The molecule has 1 aliphatic rings. The van der Waals surface area contributed by atoms with Crippen LogP contribution in [0.25, 0.3) is 0 Å². The molecule has 1 aliphatic heterocycles. The van der Waals surface area contributed by atoms with Gasteiger partial charge in [-0.2, -0.15) is 5.10 Å². The molecule has 0 spiro atoms. The lowest BCUT2D eigenvalue weighted by molar-refractivity contribution is 0.0759. The molecule has 29 heavy (non-hydrogen) atoms. The van der Waals surface area contributed by atoms with Gasteiger partial charge in [0, 0.05) is 11.8 Å². The van der Waals surface area contributed by atoms with E-state index in [1.54, 1.807) is 6.07 Å². The van der Waals surface area contributed by atoms with Crippen LogP contribution in [0.2, 0.25) is 0 Å². The molecule has 1 N–H and O–H groups in total. The number of ether oxygens (including phenoxy) is 2. The molecular formula is C19H17F2N3O4S. The monoisotopic (exact) mass is 421 g/mol. The van der Waals surface area contributed by atoms with Crippen molar-refractivity contribution in [3.63, 3.8) is 0 Å². The zero-order valence-electron chi connectivity index (χ0n) is 15.1. The van der Waals surface area contributed by atoms with Crippen LogP contribution in [0.4, 0.5) is 14.5 Å². The van der Waals surface area contributed by atoms with Gasteiger partial charge in [-0.15, -0.1) is 0 Å². The first-order valence-electron chi connectivity index (χ1n) is 8.73. The first-order valence-corrected chi connectivity index (χ1v) is 10.4. The van der Waals surface area contributed by atoms with Crippen LogP contribution in [0, 0.1) is 11.6 Å². The Hall–Kier alpha value is -3.14. The lowest BCUT2D eigenvalue weighted by Crippen LogP contribution is -2.33. The van der Waals surface area contributed by atoms with E-state index in [-0.39, 0.29) is 17.4 Å². The fourth-order valence-corrected chi connectivity index (χ4v) is 4.12. The molecule has 0 saturated carbocycles. The van der Waals surface area contributed by atoms with Crippen LogP contribution in [0.3, 0.4) is 0 Å². The Kier molecular flexibility index (Phi) is 5.10. The van der Waals surface area contributed by atoms with E-state index in [1.165, 1.54) is 17.1 Å². The summed E-state index contributed by atoms with van der Waals surface area (Å²) in [5, 5.41) is 4.11. The SMILES string of the molecule is O=S(=O)(Cc1cc(F)ccc1F)Nc1cnn(CC2COc3ccccc3O2)c1. The van der Waals surface area contributed by atoms with Crippen LogP contribution in [-0.4, -0.2) is 30.9 Å². The molecule has 0 amide bonds. The summed E-state index contributed by atoms with van der Waals surface area (Å²) in [6, 6.07) is 9.98. The van der Waals surface area contributed by atoms with Crippen molar-refractivity contribution >= 4 is 15.7 Å². The normalized spacial score (nSPS) is 15.9. The Morgan fingerprint density at radius 2 is 1.97 bits per heavy atom. The maximum atomic E-state index is 13.7. The summed E-state index contributed by atoms with van der Waals surface area (Å²) in [4.78, 5) is 0. The van der Waals surface area contributed by atoms with Gasteiger partial charge in [0.2, 0.25) is 10.0 Å². The number of fused-ring (bicyclic) bond motifs is 1. The average molecular weight is 421 g/mol. The third-order valence-electron chi connectivity index (χ3n) is 4.22. The number of anilines is 1. The molecule has 0 aliphatic carbocycles. The zero-order chi connectivity index (χ0) is 20.4. The summed E-state index contributed by atoms with van der Waals surface area (Å²) in [6.45, 7) is 0.672. The maximum absolute atomic E-state index is 13.7. The predicted molar refractivity (Wildman–Crippen MR) is 101 cm³/mol. The number of para-hydroxylation sites is 2. The van der Waals surface area contributed by atoms with Crippen molar-refractivity contribution in [2.45, 2.75) is 18.4 Å². The third kappa shape index (κ3) is 4.65. The summed E-state index contributed by atoms with van der Waals surface area (Å²) in [5.74, 6) is -0.892. The Bertz CT molecular complexity index is 1130. The highest BCUT2D eigenvalue weighted by molar-refractivity contribution is 7.91. The molecule has 0 radical (unpaired) electrons. The van der Waals surface area contributed by atoms with Crippen molar-refractivity contribution in [3.05, 3.63) is 72.1 Å². The van der Waals surface area contributed by atoms with Crippen molar-refractivity contribution in [2.24, 2.45) is 0 Å². The van der Waals surface area contributed by atoms with E-state index in [2.05, 4.69) is 9.82 Å². The lowest BCUT2D eigenvalue weighted by atomic mass is 10.2. The van der Waals surface area contributed by atoms with Crippen LogP contribution in [-0.2, 0) is 22.3 Å². The fraction of sp³-hybridized carbons (Fsp3) is 0.211. The molecule has 152 valence electrons. The Morgan fingerprint density at radius 1 is 1.17 bits per heavy atom. The first-order chi connectivity index (χ1) is 13.9. The number of rotatable bonds is 6. The molecule has 1 aromatic heterocycles. The number of halogens is 2. The van der Waals surface area contributed by atoms with Crippen LogP contribution in [0.15, 0.2) is 54.9 Å². The minimum Gasteiger partial charge on any atom is -0.486 e. The molecule has 4 rings (SSSR count). The second kappa shape index (κ2) is 7.70. The number of nitrogens with zero attached hydrogens (tertiary/aromatic N) is 2. The highest BCUT2D eigenvalue weighted by Gasteiger charge is 2.22. The molecule has 0 saturated heterocycles. The van der Waals surface area contributed by atoms with Gasteiger partial charge >= 0.3 is 0 Å². The van der Waals surface area contributed by atoms with E-state index < -0.39 is 27.4 Å². The van der Waals surface area contributed by atoms with Crippen LogP contribution < -0.4 is 14.2 Å². The largest absolute Gasteiger partial charge is 0.486 e. The summed E-state index contributed by atoms with van der Waals surface area (Å²) in [5.41, 5.74) is -0.0461. The van der Waals surface area contributed by atoms with E-state index >= 15 is 0 Å². The van der Waals surface area contributed by atoms with Crippen molar-refractivity contribution in [2.75, 3.05) is 11.3 Å². The van der Waals surface area contributed by atoms with Gasteiger partial charge in [0.1, 0.15) is 18.2 Å². The molecule has 3 aromatic rings. The standard InChI is InChI=1S/C19H17F2N3O4S/c20-14-5-6-17(21)13(7-14)12-29(25,26)23-15-8-22-24(9-15)10-16-11-27-18-3-1-2-4-19(18)28-16/h1-9,16,23H,10-12H2. The fourth-order valence-electron chi connectivity index (χ4n) is 2.95. The van der Waals surface area contributed by atoms with E-state index in [0.717, 1.165) is 18.2 Å². The summed E-state index contributed by atoms with van der Waals surface area (Å²) in [7, 11) is -3.95.